The van der Waals surface area contributed by atoms with Gasteiger partial charge in [-0.3, -0.25) is 9.36 Å². The average molecular weight is 441 g/mol. The van der Waals surface area contributed by atoms with Gasteiger partial charge in [-0.25, -0.2) is 4.99 Å². The van der Waals surface area contributed by atoms with E-state index in [1.165, 1.54) is 11.3 Å². The van der Waals surface area contributed by atoms with Crippen LogP contribution in [0.1, 0.15) is 30.5 Å². The Bertz CT molecular complexity index is 1510. The van der Waals surface area contributed by atoms with Crippen LogP contribution in [0.5, 0.6) is 17.2 Å². The SMILES string of the molecule is C[C@@]12C[C@H](c3ccccc3O1)n1c(s/c(=C\c3cccc(Oc4ccccc4)c3)c1=O)=N2. The fourth-order valence-corrected chi connectivity index (χ4v) is 5.51. The molecule has 6 heteroatoms. The smallest absolute Gasteiger partial charge is 0.270 e. The van der Waals surface area contributed by atoms with Crippen molar-refractivity contribution in [2.45, 2.75) is 25.1 Å². The molecule has 5 nitrogen and oxygen atoms in total. The van der Waals surface area contributed by atoms with E-state index in [-0.39, 0.29) is 11.6 Å². The van der Waals surface area contributed by atoms with Gasteiger partial charge in [-0.1, -0.05) is 59.9 Å². The second-order valence-electron chi connectivity index (χ2n) is 8.20. The van der Waals surface area contributed by atoms with Gasteiger partial charge in [-0.15, -0.1) is 0 Å². The van der Waals surface area contributed by atoms with E-state index in [1.807, 2.05) is 96.4 Å². The third kappa shape index (κ3) is 3.24. The van der Waals surface area contributed by atoms with Crippen molar-refractivity contribution in [3.05, 3.63) is 110 Å². The first-order valence-corrected chi connectivity index (χ1v) is 11.3. The number of benzene rings is 3. The van der Waals surface area contributed by atoms with Crippen LogP contribution in [0.15, 0.2) is 88.6 Å². The summed E-state index contributed by atoms with van der Waals surface area (Å²) in [6.45, 7) is 1.98. The lowest BCUT2D eigenvalue weighted by atomic mass is 9.93. The van der Waals surface area contributed by atoms with Crippen molar-refractivity contribution in [2.75, 3.05) is 0 Å². The zero-order valence-electron chi connectivity index (χ0n) is 17.4. The third-order valence-electron chi connectivity index (χ3n) is 5.80. The molecule has 1 aromatic heterocycles. The molecule has 6 rings (SSSR count). The maximum atomic E-state index is 13.4. The van der Waals surface area contributed by atoms with Crippen LogP contribution >= 0.6 is 11.3 Å². The van der Waals surface area contributed by atoms with Crippen LogP contribution in [0.2, 0.25) is 0 Å². The van der Waals surface area contributed by atoms with Gasteiger partial charge in [0.1, 0.15) is 17.2 Å². The highest BCUT2D eigenvalue weighted by atomic mass is 32.1. The quantitative estimate of drug-likeness (QED) is 0.479. The highest BCUT2D eigenvalue weighted by Gasteiger charge is 2.42. The minimum Gasteiger partial charge on any atom is -0.466 e. The Morgan fingerprint density at radius 2 is 1.84 bits per heavy atom. The van der Waals surface area contributed by atoms with E-state index in [1.54, 1.807) is 0 Å². The van der Waals surface area contributed by atoms with Crippen molar-refractivity contribution in [1.82, 2.24) is 4.57 Å². The minimum absolute atomic E-state index is 0.0214. The summed E-state index contributed by atoms with van der Waals surface area (Å²) in [5, 5.41) is 0. The summed E-state index contributed by atoms with van der Waals surface area (Å²) >= 11 is 1.40. The molecule has 0 saturated heterocycles. The summed E-state index contributed by atoms with van der Waals surface area (Å²) in [6.07, 6.45) is 2.55. The molecule has 158 valence electrons. The summed E-state index contributed by atoms with van der Waals surface area (Å²) in [5.74, 6) is 2.30. The fraction of sp³-hybridized carbons (Fsp3) is 0.154. The number of thiazole rings is 1. The van der Waals surface area contributed by atoms with Crippen LogP contribution in [-0.4, -0.2) is 10.3 Å². The van der Waals surface area contributed by atoms with E-state index in [4.69, 9.17) is 14.5 Å². The van der Waals surface area contributed by atoms with Crippen LogP contribution in [0.3, 0.4) is 0 Å². The molecule has 0 amide bonds. The number of fused-ring (bicyclic) bond motifs is 6. The largest absolute Gasteiger partial charge is 0.466 e. The summed E-state index contributed by atoms with van der Waals surface area (Å²) in [6, 6.07) is 25.2. The van der Waals surface area contributed by atoms with Crippen molar-refractivity contribution in [3.63, 3.8) is 0 Å². The highest BCUT2D eigenvalue weighted by Crippen LogP contribution is 2.42. The molecule has 0 N–H and O–H groups in total. The minimum atomic E-state index is -0.656. The molecular weight excluding hydrogens is 420 g/mol. The average Bonchev–Trinajstić information content (AvgIpc) is 3.08. The monoisotopic (exact) mass is 440 g/mol. The van der Waals surface area contributed by atoms with Crippen LogP contribution in [0, 0.1) is 0 Å². The Balaban J connectivity index is 1.44. The molecule has 0 unspecified atom stereocenters. The van der Waals surface area contributed by atoms with Crippen LogP contribution in [-0.2, 0) is 0 Å². The molecule has 0 spiro atoms. The van der Waals surface area contributed by atoms with Crippen molar-refractivity contribution in [2.24, 2.45) is 4.99 Å². The van der Waals surface area contributed by atoms with E-state index in [2.05, 4.69) is 0 Å². The van der Waals surface area contributed by atoms with Crippen molar-refractivity contribution in [1.29, 1.82) is 0 Å². The number of nitrogens with zero attached hydrogens (tertiary/aromatic N) is 2. The lowest BCUT2D eigenvalue weighted by Crippen LogP contribution is -2.49. The maximum Gasteiger partial charge on any atom is 0.270 e. The van der Waals surface area contributed by atoms with Gasteiger partial charge < -0.3 is 9.47 Å². The van der Waals surface area contributed by atoms with Gasteiger partial charge in [0.25, 0.3) is 5.56 Å². The lowest BCUT2D eigenvalue weighted by Gasteiger charge is -2.39. The van der Waals surface area contributed by atoms with Gasteiger partial charge in [-0.05, 0) is 48.9 Å². The molecular formula is C26H20N2O3S. The van der Waals surface area contributed by atoms with Crippen molar-refractivity contribution < 1.29 is 9.47 Å². The predicted octanol–water partition coefficient (Wildman–Crippen LogP) is 4.25. The Morgan fingerprint density at radius 3 is 2.72 bits per heavy atom. The van der Waals surface area contributed by atoms with Crippen molar-refractivity contribution >= 4 is 17.4 Å². The number of rotatable bonds is 3. The molecule has 2 bridgehead atoms. The van der Waals surface area contributed by atoms with E-state index < -0.39 is 5.72 Å². The molecule has 2 aliphatic rings. The van der Waals surface area contributed by atoms with Gasteiger partial charge in [-0.2, -0.15) is 0 Å². The Labute approximate surface area is 188 Å². The first-order valence-electron chi connectivity index (χ1n) is 10.5. The number of aromatic nitrogens is 1. The molecule has 0 saturated carbocycles. The lowest BCUT2D eigenvalue weighted by molar-refractivity contribution is 0.0410. The number of para-hydroxylation sites is 2. The molecule has 0 radical (unpaired) electrons. The Hall–Kier alpha value is -3.64. The first-order chi connectivity index (χ1) is 15.6. The molecule has 2 aliphatic heterocycles. The molecule has 32 heavy (non-hydrogen) atoms. The van der Waals surface area contributed by atoms with Crippen molar-refractivity contribution in [3.8, 4) is 17.2 Å². The van der Waals surface area contributed by atoms with Gasteiger partial charge >= 0.3 is 0 Å². The third-order valence-corrected chi connectivity index (χ3v) is 6.78. The van der Waals surface area contributed by atoms with Crippen LogP contribution < -0.4 is 24.4 Å². The maximum absolute atomic E-state index is 13.4. The topological polar surface area (TPSA) is 52.8 Å². The summed E-state index contributed by atoms with van der Waals surface area (Å²) in [4.78, 5) is 18.9. The van der Waals surface area contributed by atoms with Gasteiger partial charge in [0.05, 0.1) is 10.6 Å². The van der Waals surface area contributed by atoms with E-state index in [0.717, 1.165) is 28.4 Å². The zero-order valence-corrected chi connectivity index (χ0v) is 18.2. The number of hydrogen-bond acceptors (Lipinski definition) is 5. The molecule has 3 heterocycles. The Kier molecular flexibility index (Phi) is 4.30. The molecule has 2 atom stereocenters. The molecule has 3 aromatic carbocycles. The molecule has 4 aromatic rings. The standard InChI is InChI=1S/C26H20N2O3S/c1-26-16-21(20-12-5-6-13-22(20)31-26)28-24(29)23(32-25(28)27-26)15-17-8-7-11-19(14-17)30-18-9-3-2-4-10-18/h2-15,21H,16H2,1H3/b23-15-/t21-,26+/m1/s1. The molecule has 0 fully saturated rings. The Morgan fingerprint density at radius 1 is 1.06 bits per heavy atom. The summed E-state index contributed by atoms with van der Waals surface area (Å²) < 4.78 is 14.6. The first kappa shape index (κ1) is 19.1. The fourth-order valence-electron chi connectivity index (χ4n) is 4.38. The predicted molar refractivity (Wildman–Crippen MR) is 124 cm³/mol. The number of ether oxygens (including phenoxy) is 2. The second-order valence-corrected chi connectivity index (χ2v) is 9.21. The summed E-state index contributed by atoms with van der Waals surface area (Å²) in [5.41, 5.74) is 1.26. The van der Waals surface area contributed by atoms with Gasteiger partial charge in [0, 0.05) is 12.0 Å². The molecule has 0 aliphatic carbocycles. The van der Waals surface area contributed by atoms with Gasteiger partial charge in [0.2, 0.25) is 5.72 Å². The number of hydrogen-bond donors (Lipinski definition) is 0. The van der Waals surface area contributed by atoms with Gasteiger partial charge in [0.15, 0.2) is 4.80 Å². The second kappa shape index (κ2) is 7.21. The van der Waals surface area contributed by atoms with Crippen LogP contribution in [0.4, 0.5) is 0 Å². The van der Waals surface area contributed by atoms with E-state index in [9.17, 15) is 4.79 Å². The van der Waals surface area contributed by atoms with E-state index in [0.29, 0.717) is 15.8 Å². The van der Waals surface area contributed by atoms with E-state index >= 15 is 0 Å². The highest BCUT2D eigenvalue weighted by molar-refractivity contribution is 7.07. The normalized spacial score (nSPS) is 21.2. The van der Waals surface area contributed by atoms with Crippen LogP contribution in [0.25, 0.3) is 6.08 Å². The zero-order chi connectivity index (χ0) is 21.7. The summed E-state index contributed by atoms with van der Waals surface area (Å²) in [7, 11) is 0.